The summed E-state index contributed by atoms with van der Waals surface area (Å²) in [4.78, 5) is 0. The zero-order valence-electron chi connectivity index (χ0n) is 5.93. The van der Waals surface area contributed by atoms with Crippen molar-refractivity contribution in [3.05, 3.63) is 23.9 Å². The van der Waals surface area contributed by atoms with Crippen LogP contribution >= 0.6 is 0 Å². The monoisotopic (exact) mass is 133 g/mol. The Morgan fingerprint density at radius 3 is 3.10 bits per heavy atom. The molecule has 0 aromatic heterocycles. The predicted octanol–water partition coefficient (Wildman–Crippen LogP) is 1.58. The fourth-order valence-corrected chi connectivity index (χ4v) is 2.47. The summed E-state index contributed by atoms with van der Waals surface area (Å²) in [5, 5.41) is 3.38. The standard InChI is InChI=1S/C9H11N/c1-3-9-4-2-7(9)6-8(9)10-5-1/h1,5-6,8,10H,2-4H2. The van der Waals surface area contributed by atoms with Gasteiger partial charge < -0.3 is 5.32 Å². The first-order chi connectivity index (χ1) is 4.92. The van der Waals surface area contributed by atoms with Crippen LogP contribution in [0.15, 0.2) is 23.9 Å². The van der Waals surface area contributed by atoms with Crippen molar-refractivity contribution in [3.63, 3.8) is 0 Å². The Hall–Kier alpha value is -0.720. The summed E-state index contributed by atoms with van der Waals surface area (Å²) >= 11 is 0. The molecule has 2 atom stereocenters. The Kier molecular flexibility index (Phi) is 0.657. The fourth-order valence-electron chi connectivity index (χ4n) is 2.47. The van der Waals surface area contributed by atoms with Gasteiger partial charge >= 0.3 is 0 Å². The Morgan fingerprint density at radius 1 is 1.60 bits per heavy atom. The third kappa shape index (κ3) is 0.335. The van der Waals surface area contributed by atoms with Crippen LogP contribution in [-0.4, -0.2) is 6.04 Å². The van der Waals surface area contributed by atoms with Gasteiger partial charge in [-0.15, -0.1) is 0 Å². The minimum atomic E-state index is 0.620. The molecule has 0 radical (unpaired) electrons. The lowest BCUT2D eigenvalue weighted by Gasteiger charge is -2.58. The molecule has 1 fully saturated rings. The van der Waals surface area contributed by atoms with Gasteiger partial charge in [0.2, 0.25) is 0 Å². The van der Waals surface area contributed by atoms with E-state index in [1.54, 1.807) is 5.57 Å². The average Bonchev–Trinajstić information content (AvgIpc) is 1.99. The molecule has 0 bridgehead atoms. The molecule has 1 nitrogen and oxygen atoms in total. The molecule has 1 saturated carbocycles. The average molecular weight is 133 g/mol. The van der Waals surface area contributed by atoms with Gasteiger partial charge in [0, 0.05) is 5.41 Å². The van der Waals surface area contributed by atoms with Gasteiger partial charge in [0.15, 0.2) is 0 Å². The lowest BCUT2D eigenvalue weighted by Crippen LogP contribution is -2.57. The molecular weight excluding hydrogens is 122 g/mol. The number of rotatable bonds is 0. The van der Waals surface area contributed by atoms with Crippen LogP contribution in [0.5, 0.6) is 0 Å². The summed E-state index contributed by atoms with van der Waals surface area (Å²) in [6.07, 6.45) is 10.8. The molecule has 3 rings (SSSR count). The van der Waals surface area contributed by atoms with Crippen LogP contribution in [0.25, 0.3) is 0 Å². The van der Waals surface area contributed by atoms with E-state index >= 15 is 0 Å². The van der Waals surface area contributed by atoms with Crippen molar-refractivity contribution < 1.29 is 0 Å². The van der Waals surface area contributed by atoms with E-state index in [0.717, 1.165) is 0 Å². The van der Waals surface area contributed by atoms with Gasteiger partial charge in [-0.3, -0.25) is 0 Å². The number of hydrogen-bond donors (Lipinski definition) is 1. The van der Waals surface area contributed by atoms with Gasteiger partial charge in [0.05, 0.1) is 6.04 Å². The summed E-state index contributed by atoms with van der Waals surface area (Å²) in [6.45, 7) is 0. The van der Waals surface area contributed by atoms with Crippen LogP contribution in [0.3, 0.4) is 0 Å². The van der Waals surface area contributed by atoms with E-state index in [1.807, 2.05) is 0 Å². The molecule has 0 amide bonds. The minimum Gasteiger partial charge on any atom is -0.384 e. The van der Waals surface area contributed by atoms with E-state index in [2.05, 4.69) is 23.7 Å². The second-order valence-electron chi connectivity index (χ2n) is 3.60. The van der Waals surface area contributed by atoms with Crippen LogP contribution in [0.1, 0.15) is 19.3 Å². The number of nitrogens with one attached hydrogen (secondary N) is 1. The van der Waals surface area contributed by atoms with Crippen molar-refractivity contribution in [2.45, 2.75) is 25.3 Å². The molecule has 0 saturated heterocycles. The normalized spacial score (nSPS) is 47.2. The van der Waals surface area contributed by atoms with Crippen LogP contribution in [0, 0.1) is 5.41 Å². The molecule has 1 aliphatic heterocycles. The van der Waals surface area contributed by atoms with Crippen LogP contribution in [0.4, 0.5) is 0 Å². The Morgan fingerprint density at radius 2 is 2.60 bits per heavy atom. The molecule has 3 aliphatic rings. The summed E-state index contributed by atoms with van der Waals surface area (Å²) in [5.41, 5.74) is 2.34. The van der Waals surface area contributed by atoms with E-state index in [4.69, 9.17) is 0 Å². The summed E-state index contributed by atoms with van der Waals surface area (Å²) in [5.74, 6) is 0. The van der Waals surface area contributed by atoms with Gasteiger partial charge in [-0.2, -0.15) is 0 Å². The summed E-state index contributed by atoms with van der Waals surface area (Å²) in [6, 6.07) is 0.696. The van der Waals surface area contributed by atoms with Crippen molar-refractivity contribution in [3.8, 4) is 0 Å². The highest BCUT2D eigenvalue weighted by molar-refractivity contribution is 5.42. The first-order valence-electron chi connectivity index (χ1n) is 4.04. The van der Waals surface area contributed by atoms with E-state index in [-0.39, 0.29) is 0 Å². The van der Waals surface area contributed by atoms with Gasteiger partial charge in [0.25, 0.3) is 0 Å². The largest absolute Gasteiger partial charge is 0.384 e. The fraction of sp³-hybridized carbons (Fsp3) is 0.556. The quantitative estimate of drug-likeness (QED) is 0.495. The first kappa shape index (κ1) is 5.00. The van der Waals surface area contributed by atoms with Crippen molar-refractivity contribution in [2.75, 3.05) is 0 Å². The SMILES string of the molecule is C1=CNC2C=C3CCC32C1. The maximum absolute atomic E-state index is 3.38. The zero-order chi connectivity index (χ0) is 6.60. The van der Waals surface area contributed by atoms with E-state index < -0.39 is 0 Å². The number of hydrogen-bond acceptors (Lipinski definition) is 1. The Labute approximate surface area is 60.8 Å². The second-order valence-corrected chi connectivity index (χ2v) is 3.60. The molecule has 52 valence electrons. The highest BCUT2D eigenvalue weighted by atomic mass is 15.0. The Bertz CT molecular complexity index is 239. The first-order valence-corrected chi connectivity index (χ1v) is 4.04. The van der Waals surface area contributed by atoms with E-state index in [0.29, 0.717) is 11.5 Å². The maximum Gasteiger partial charge on any atom is 0.0538 e. The molecule has 2 aliphatic carbocycles. The topological polar surface area (TPSA) is 12.0 Å². The van der Waals surface area contributed by atoms with Gasteiger partial charge in [-0.05, 0) is 25.5 Å². The van der Waals surface area contributed by atoms with Crippen LogP contribution in [-0.2, 0) is 0 Å². The molecule has 1 heterocycles. The van der Waals surface area contributed by atoms with Crippen molar-refractivity contribution >= 4 is 0 Å². The highest BCUT2D eigenvalue weighted by Gasteiger charge is 2.53. The van der Waals surface area contributed by atoms with Gasteiger partial charge in [-0.25, -0.2) is 0 Å². The maximum atomic E-state index is 3.38. The lowest BCUT2D eigenvalue weighted by atomic mass is 9.50. The van der Waals surface area contributed by atoms with Crippen molar-refractivity contribution in [1.82, 2.24) is 5.32 Å². The highest BCUT2D eigenvalue weighted by Crippen LogP contribution is 2.59. The summed E-state index contributed by atoms with van der Waals surface area (Å²) < 4.78 is 0. The molecule has 1 N–H and O–H groups in total. The van der Waals surface area contributed by atoms with Gasteiger partial charge in [-0.1, -0.05) is 17.7 Å². The lowest BCUT2D eigenvalue weighted by molar-refractivity contribution is 0.146. The number of allylic oxidation sites excluding steroid dienone is 1. The van der Waals surface area contributed by atoms with Crippen molar-refractivity contribution in [1.29, 1.82) is 0 Å². The van der Waals surface area contributed by atoms with E-state index in [9.17, 15) is 0 Å². The van der Waals surface area contributed by atoms with E-state index in [1.165, 1.54) is 19.3 Å². The Balaban J connectivity index is 2.03. The summed E-state index contributed by atoms with van der Waals surface area (Å²) in [7, 11) is 0. The van der Waals surface area contributed by atoms with Crippen LogP contribution in [0.2, 0.25) is 0 Å². The third-order valence-corrected chi connectivity index (χ3v) is 3.32. The molecule has 1 heteroatoms. The molecular formula is C9H11N. The zero-order valence-corrected chi connectivity index (χ0v) is 5.93. The second kappa shape index (κ2) is 1.31. The molecule has 0 aromatic rings. The predicted molar refractivity (Wildman–Crippen MR) is 40.4 cm³/mol. The van der Waals surface area contributed by atoms with Crippen LogP contribution < -0.4 is 5.32 Å². The molecule has 1 spiro atoms. The van der Waals surface area contributed by atoms with Gasteiger partial charge in [0.1, 0.15) is 0 Å². The minimum absolute atomic E-state index is 0.620. The molecule has 10 heavy (non-hydrogen) atoms. The third-order valence-electron chi connectivity index (χ3n) is 3.32. The van der Waals surface area contributed by atoms with Crippen molar-refractivity contribution in [2.24, 2.45) is 5.41 Å². The molecule has 2 unspecified atom stereocenters. The molecule has 0 aromatic carbocycles. The smallest absolute Gasteiger partial charge is 0.0538 e.